The monoisotopic (exact) mass is 322 g/mol. The van der Waals surface area contributed by atoms with Gasteiger partial charge in [-0.25, -0.2) is 0 Å². The van der Waals surface area contributed by atoms with Crippen molar-refractivity contribution in [1.29, 1.82) is 0 Å². The molecule has 0 aromatic rings. The fourth-order valence-corrected chi connectivity index (χ4v) is 2.02. The summed E-state index contributed by atoms with van der Waals surface area (Å²) < 4.78 is 37.5. The maximum Gasteiger partial charge on any atom is 0.411 e. The Labute approximate surface area is 96.6 Å². The molecule has 0 saturated heterocycles. The lowest BCUT2D eigenvalue weighted by Gasteiger charge is -2.17. The van der Waals surface area contributed by atoms with Gasteiger partial charge < -0.3 is 4.74 Å². The quantitative estimate of drug-likeness (QED) is 0.712. The Balaban J connectivity index is 3.70. The molecular formula is C5H5BrCl3F3O. The minimum atomic E-state index is -4.38. The third kappa shape index (κ3) is 11.0. The fraction of sp³-hybridized carbons (Fsp3) is 1.00. The van der Waals surface area contributed by atoms with Crippen LogP contribution in [0.25, 0.3) is 0 Å². The predicted molar refractivity (Wildman–Crippen MR) is 49.6 cm³/mol. The SMILES string of the molecule is FC(F)(F)COC(Br)CC(Cl)(Cl)Cl. The summed E-state index contributed by atoms with van der Waals surface area (Å²) in [5, 5.41) is -0.929. The largest absolute Gasteiger partial charge is 0.411 e. The van der Waals surface area contributed by atoms with Crippen LogP contribution in [0.15, 0.2) is 0 Å². The maximum atomic E-state index is 11.6. The van der Waals surface area contributed by atoms with Gasteiger partial charge in [0.25, 0.3) is 0 Å². The molecular weight excluding hydrogens is 319 g/mol. The molecule has 0 amide bonds. The smallest absolute Gasteiger partial charge is 0.357 e. The van der Waals surface area contributed by atoms with Crippen molar-refractivity contribution in [2.75, 3.05) is 6.61 Å². The molecule has 0 rings (SSSR count). The second-order valence-corrected chi connectivity index (χ2v) is 5.69. The summed E-state index contributed by atoms with van der Waals surface area (Å²) in [6.45, 7) is -1.37. The van der Waals surface area contributed by atoms with Crippen LogP contribution in [-0.2, 0) is 4.74 Å². The number of alkyl halides is 7. The summed E-state index contributed by atoms with van der Waals surface area (Å²) in [5.41, 5.74) is 0. The lowest BCUT2D eigenvalue weighted by atomic mass is 10.5. The average Bonchev–Trinajstić information content (AvgIpc) is 1.78. The summed E-state index contributed by atoms with van der Waals surface area (Å²) in [5.74, 6) is 0. The molecule has 0 saturated carbocycles. The van der Waals surface area contributed by atoms with E-state index in [1.165, 1.54) is 0 Å². The lowest BCUT2D eigenvalue weighted by Crippen LogP contribution is -2.22. The van der Waals surface area contributed by atoms with Crippen LogP contribution in [0.3, 0.4) is 0 Å². The zero-order valence-corrected chi connectivity index (χ0v) is 9.90. The third-order valence-electron chi connectivity index (χ3n) is 0.820. The summed E-state index contributed by atoms with van der Waals surface area (Å²) in [4.78, 5) is 0. The van der Waals surface area contributed by atoms with Gasteiger partial charge in [-0.3, -0.25) is 0 Å². The Kier molecular flexibility index (Phi) is 5.70. The van der Waals surface area contributed by atoms with Gasteiger partial charge in [-0.1, -0.05) is 50.7 Å². The van der Waals surface area contributed by atoms with Gasteiger partial charge in [-0.2, -0.15) is 13.2 Å². The normalized spacial score (nSPS) is 15.9. The van der Waals surface area contributed by atoms with E-state index in [0.29, 0.717) is 0 Å². The fourth-order valence-electron chi connectivity index (χ4n) is 0.426. The van der Waals surface area contributed by atoms with E-state index in [1.54, 1.807) is 0 Å². The molecule has 0 aromatic heterocycles. The first kappa shape index (κ1) is 14.1. The van der Waals surface area contributed by atoms with Crippen LogP contribution >= 0.6 is 50.7 Å². The van der Waals surface area contributed by atoms with Gasteiger partial charge in [-0.05, 0) is 0 Å². The highest BCUT2D eigenvalue weighted by molar-refractivity contribution is 9.09. The van der Waals surface area contributed by atoms with Crippen molar-refractivity contribution in [2.24, 2.45) is 0 Å². The maximum absolute atomic E-state index is 11.6. The van der Waals surface area contributed by atoms with Crippen LogP contribution in [0.1, 0.15) is 6.42 Å². The van der Waals surface area contributed by atoms with E-state index in [-0.39, 0.29) is 6.42 Å². The van der Waals surface area contributed by atoms with Crippen LogP contribution in [0.5, 0.6) is 0 Å². The Morgan fingerprint density at radius 3 is 2.00 bits per heavy atom. The van der Waals surface area contributed by atoms with E-state index in [1.807, 2.05) is 0 Å². The molecule has 0 N–H and O–H groups in total. The minimum Gasteiger partial charge on any atom is -0.357 e. The molecule has 1 unspecified atom stereocenters. The molecule has 80 valence electrons. The number of hydrogen-bond acceptors (Lipinski definition) is 1. The van der Waals surface area contributed by atoms with E-state index in [2.05, 4.69) is 20.7 Å². The highest BCUT2D eigenvalue weighted by Crippen LogP contribution is 2.34. The highest BCUT2D eigenvalue weighted by atomic mass is 79.9. The number of halogens is 7. The number of rotatable bonds is 3. The van der Waals surface area contributed by atoms with E-state index >= 15 is 0 Å². The standard InChI is InChI=1S/C5H5BrCl3F3O/c6-3(1-4(7,8)9)13-2-5(10,11)12/h3H,1-2H2. The molecule has 0 bridgehead atoms. The van der Waals surface area contributed by atoms with Gasteiger partial charge in [-0.15, -0.1) is 0 Å². The average molecular weight is 324 g/mol. The molecule has 1 atom stereocenters. The van der Waals surface area contributed by atoms with E-state index in [0.717, 1.165) is 0 Å². The summed E-state index contributed by atoms with van der Waals surface area (Å²) >= 11 is 18.7. The molecule has 13 heavy (non-hydrogen) atoms. The van der Waals surface area contributed by atoms with Crippen LogP contribution in [0, 0.1) is 0 Å². The van der Waals surface area contributed by atoms with Crippen molar-refractivity contribution in [3.05, 3.63) is 0 Å². The second kappa shape index (κ2) is 5.26. The molecule has 0 aliphatic carbocycles. The van der Waals surface area contributed by atoms with Gasteiger partial charge in [0.05, 0.1) is 0 Å². The van der Waals surface area contributed by atoms with Crippen molar-refractivity contribution in [3.8, 4) is 0 Å². The Bertz CT molecular complexity index is 158. The van der Waals surface area contributed by atoms with Gasteiger partial charge in [0.15, 0.2) is 3.79 Å². The molecule has 0 fully saturated rings. The van der Waals surface area contributed by atoms with E-state index in [4.69, 9.17) is 34.8 Å². The molecule has 0 aliphatic heterocycles. The number of ether oxygens (including phenoxy) is 1. The summed E-state index contributed by atoms with van der Waals surface area (Å²) in [6, 6.07) is 0. The second-order valence-electron chi connectivity index (χ2n) is 2.16. The minimum absolute atomic E-state index is 0.159. The van der Waals surface area contributed by atoms with Crippen molar-refractivity contribution in [3.63, 3.8) is 0 Å². The Hall–Kier alpha value is 1.10. The van der Waals surface area contributed by atoms with E-state index < -0.39 is 21.6 Å². The van der Waals surface area contributed by atoms with E-state index in [9.17, 15) is 13.2 Å². The topological polar surface area (TPSA) is 9.23 Å². The summed E-state index contributed by atoms with van der Waals surface area (Å²) in [6.07, 6.45) is -4.53. The Morgan fingerprint density at radius 2 is 1.69 bits per heavy atom. The molecule has 0 radical (unpaired) electrons. The predicted octanol–water partition coefficient (Wildman–Crippen LogP) is 4.05. The van der Waals surface area contributed by atoms with Crippen LogP contribution in [0.2, 0.25) is 0 Å². The zero-order valence-electron chi connectivity index (χ0n) is 6.05. The van der Waals surface area contributed by atoms with Crippen molar-refractivity contribution >= 4 is 50.7 Å². The first-order valence-corrected chi connectivity index (χ1v) is 5.04. The van der Waals surface area contributed by atoms with Crippen LogP contribution in [0.4, 0.5) is 13.2 Å². The molecule has 0 aromatic carbocycles. The zero-order chi connectivity index (χ0) is 10.7. The first-order valence-electron chi connectivity index (χ1n) is 2.99. The van der Waals surface area contributed by atoms with Gasteiger partial charge >= 0.3 is 6.18 Å². The third-order valence-corrected chi connectivity index (χ3v) is 1.87. The molecule has 0 spiro atoms. The van der Waals surface area contributed by atoms with Gasteiger partial charge in [0.2, 0.25) is 0 Å². The molecule has 1 nitrogen and oxygen atoms in total. The van der Waals surface area contributed by atoms with Crippen LogP contribution < -0.4 is 0 Å². The highest BCUT2D eigenvalue weighted by Gasteiger charge is 2.31. The van der Waals surface area contributed by atoms with Gasteiger partial charge in [0, 0.05) is 6.42 Å². The van der Waals surface area contributed by atoms with Crippen molar-refractivity contribution in [1.82, 2.24) is 0 Å². The molecule has 0 aliphatic rings. The number of hydrogen-bond donors (Lipinski definition) is 0. The lowest BCUT2D eigenvalue weighted by molar-refractivity contribution is -0.176. The van der Waals surface area contributed by atoms with Gasteiger partial charge in [0.1, 0.15) is 11.6 Å². The molecule has 0 heterocycles. The van der Waals surface area contributed by atoms with Crippen molar-refractivity contribution < 1.29 is 17.9 Å². The van der Waals surface area contributed by atoms with Crippen LogP contribution in [-0.4, -0.2) is 21.6 Å². The molecule has 8 heteroatoms. The van der Waals surface area contributed by atoms with Crippen molar-refractivity contribution in [2.45, 2.75) is 21.4 Å². The Morgan fingerprint density at radius 1 is 1.23 bits per heavy atom. The summed E-state index contributed by atoms with van der Waals surface area (Å²) in [7, 11) is 0. The first-order chi connectivity index (χ1) is 5.60.